The molecule has 0 aromatic heterocycles. The molecule has 0 saturated carbocycles. The van der Waals surface area contributed by atoms with Gasteiger partial charge in [0.05, 0.1) is 6.54 Å². The zero-order chi connectivity index (χ0) is 14.8. The van der Waals surface area contributed by atoms with Gasteiger partial charge in [-0.05, 0) is 62.5 Å². The van der Waals surface area contributed by atoms with Crippen LogP contribution < -0.4 is 10.6 Å². The van der Waals surface area contributed by atoms with Crippen LogP contribution in [-0.2, 0) is 4.79 Å². The number of piperidine rings is 1. The molecule has 2 heterocycles. The van der Waals surface area contributed by atoms with E-state index in [9.17, 15) is 9.18 Å². The van der Waals surface area contributed by atoms with Crippen LogP contribution in [0.4, 0.5) is 10.1 Å². The van der Waals surface area contributed by atoms with Crippen LogP contribution in [0.3, 0.4) is 0 Å². The monoisotopic (exact) mass is 327 g/mol. The SMILES string of the molecule is Cc1ccc(NC(=O)CN2CCC3CNCC3C2)cc1F.Cl. The number of carbonyl (C=O) groups is 1. The third-order valence-electron chi connectivity index (χ3n) is 4.61. The van der Waals surface area contributed by atoms with Crippen LogP contribution in [0.5, 0.6) is 0 Å². The zero-order valence-electron chi connectivity index (χ0n) is 12.8. The molecule has 0 spiro atoms. The van der Waals surface area contributed by atoms with Crippen LogP contribution in [0.15, 0.2) is 18.2 Å². The van der Waals surface area contributed by atoms with E-state index < -0.39 is 0 Å². The quantitative estimate of drug-likeness (QED) is 0.893. The van der Waals surface area contributed by atoms with Crippen molar-refractivity contribution in [2.75, 3.05) is 38.0 Å². The lowest BCUT2D eigenvalue weighted by Gasteiger charge is -2.33. The topological polar surface area (TPSA) is 44.4 Å². The van der Waals surface area contributed by atoms with Gasteiger partial charge in [0.15, 0.2) is 0 Å². The highest BCUT2D eigenvalue weighted by atomic mass is 35.5. The molecule has 0 bridgehead atoms. The molecular formula is C16H23ClFN3O. The smallest absolute Gasteiger partial charge is 0.238 e. The van der Waals surface area contributed by atoms with Crippen molar-refractivity contribution in [3.05, 3.63) is 29.6 Å². The number of nitrogens with one attached hydrogen (secondary N) is 2. The summed E-state index contributed by atoms with van der Waals surface area (Å²) in [4.78, 5) is 14.3. The number of likely N-dealkylation sites (tertiary alicyclic amines) is 1. The second kappa shape index (κ2) is 7.40. The number of amides is 1. The Bertz CT molecular complexity index is 540. The maximum Gasteiger partial charge on any atom is 0.238 e. The third-order valence-corrected chi connectivity index (χ3v) is 4.61. The molecule has 3 rings (SSSR count). The Balaban J connectivity index is 0.00000176. The van der Waals surface area contributed by atoms with Crippen LogP contribution in [-0.4, -0.2) is 43.5 Å². The first kappa shape index (κ1) is 17.2. The number of nitrogens with zero attached hydrogens (tertiary/aromatic N) is 1. The molecule has 2 saturated heterocycles. The van der Waals surface area contributed by atoms with Gasteiger partial charge in [-0.3, -0.25) is 9.69 Å². The molecule has 122 valence electrons. The van der Waals surface area contributed by atoms with E-state index >= 15 is 0 Å². The van der Waals surface area contributed by atoms with E-state index in [0.29, 0.717) is 23.7 Å². The summed E-state index contributed by atoms with van der Waals surface area (Å²) in [7, 11) is 0. The Kier molecular flexibility index (Phi) is 5.78. The summed E-state index contributed by atoms with van der Waals surface area (Å²) in [6, 6.07) is 4.80. The highest BCUT2D eigenvalue weighted by Crippen LogP contribution is 2.26. The summed E-state index contributed by atoms with van der Waals surface area (Å²) in [5, 5.41) is 6.20. The summed E-state index contributed by atoms with van der Waals surface area (Å²) < 4.78 is 13.5. The first-order chi connectivity index (χ1) is 10.1. The number of halogens is 2. The fraction of sp³-hybridized carbons (Fsp3) is 0.562. The van der Waals surface area contributed by atoms with Gasteiger partial charge in [0.1, 0.15) is 5.82 Å². The van der Waals surface area contributed by atoms with Crippen molar-refractivity contribution in [1.82, 2.24) is 10.2 Å². The van der Waals surface area contributed by atoms with Gasteiger partial charge < -0.3 is 10.6 Å². The fourth-order valence-corrected chi connectivity index (χ4v) is 3.33. The van der Waals surface area contributed by atoms with Crippen molar-refractivity contribution in [2.45, 2.75) is 13.3 Å². The van der Waals surface area contributed by atoms with E-state index in [0.717, 1.165) is 38.5 Å². The maximum absolute atomic E-state index is 13.5. The summed E-state index contributed by atoms with van der Waals surface area (Å²) in [6.07, 6.45) is 1.16. The third kappa shape index (κ3) is 3.97. The highest BCUT2D eigenvalue weighted by molar-refractivity contribution is 5.92. The minimum atomic E-state index is -0.286. The molecule has 0 aliphatic carbocycles. The van der Waals surface area contributed by atoms with Gasteiger partial charge in [-0.1, -0.05) is 6.07 Å². The molecule has 2 unspecified atom stereocenters. The molecule has 0 radical (unpaired) electrons. The first-order valence-electron chi connectivity index (χ1n) is 7.61. The number of aryl methyl sites for hydroxylation is 1. The Hall–Kier alpha value is -1.17. The van der Waals surface area contributed by atoms with Gasteiger partial charge in [-0.25, -0.2) is 4.39 Å². The minimum Gasteiger partial charge on any atom is -0.325 e. The lowest BCUT2D eigenvalue weighted by molar-refractivity contribution is -0.117. The summed E-state index contributed by atoms with van der Waals surface area (Å²) in [5.41, 5.74) is 1.12. The molecule has 1 aromatic carbocycles. The van der Waals surface area contributed by atoms with Gasteiger partial charge in [0.2, 0.25) is 5.91 Å². The molecular weight excluding hydrogens is 305 g/mol. The van der Waals surface area contributed by atoms with Crippen LogP contribution in [0.2, 0.25) is 0 Å². The highest BCUT2D eigenvalue weighted by Gasteiger charge is 2.33. The Morgan fingerprint density at radius 3 is 2.95 bits per heavy atom. The summed E-state index contributed by atoms with van der Waals surface area (Å²) in [6.45, 7) is 6.23. The normalized spacial score (nSPS) is 24.5. The van der Waals surface area contributed by atoms with E-state index in [4.69, 9.17) is 0 Å². The van der Waals surface area contributed by atoms with Crippen molar-refractivity contribution in [1.29, 1.82) is 0 Å². The van der Waals surface area contributed by atoms with E-state index in [2.05, 4.69) is 15.5 Å². The zero-order valence-corrected chi connectivity index (χ0v) is 13.6. The van der Waals surface area contributed by atoms with Crippen molar-refractivity contribution in [3.63, 3.8) is 0 Å². The predicted molar refractivity (Wildman–Crippen MR) is 87.9 cm³/mol. The van der Waals surface area contributed by atoms with Gasteiger partial charge in [0, 0.05) is 12.2 Å². The second-order valence-electron chi connectivity index (χ2n) is 6.21. The molecule has 6 heteroatoms. The Morgan fingerprint density at radius 2 is 2.18 bits per heavy atom. The standard InChI is InChI=1S/C16H22FN3O.ClH/c1-11-2-3-14(6-15(11)17)19-16(21)10-20-5-4-12-7-18-8-13(12)9-20;/h2-3,6,12-13,18H,4-5,7-10H2,1H3,(H,19,21);1H. The van der Waals surface area contributed by atoms with Crippen LogP contribution in [0.25, 0.3) is 0 Å². The van der Waals surface area contributed by atoms with Gasteiger partial charge >= 0.3 is 0 Å². The molecule has 22 heavy (non-hydrogen) atoms. The molecule has 2 aliphatic rings. The first-order valence-corrected chi connectivity index (χ1v) is 7.61. The number of hydrogen-bond acceptors (Lipinski definition) is 3. The number of hydrogen-bond donors (Lipinski definition) is 2. The van der Waals surface area contributed by atoms with Crippen molar-refractivity contribution >= 4 is 24.0 Å². The molecule has 4 nitrogen and oxygen atoms in total. The average Bonchev–Trinajstić information content (AvgIpc) is 2.90. The summed E-state index contributed by atoms with van der Waals surface area (Å²) in [5.74, 6) is 1.09. The Morgan fingerprint density at radius 1 is 1.41 bits per heavy atom. The molecule has 2 aliphatic heterocycles. The number of rotatable bonds is 3. The van der Waals surface area contributed by atoms with Crippen molar-refractivity contribution in [2.24, 2.45) is 11.8 Å². The van der Waals surface area contributed by atoms with Crippen molar-refractivity contribution < 1.29 is 9.18 Å². The van der Waals surface area contributed by atoms with Crippen LogP contribution >= 0.6 is 12.4 Å². The predicted octanol–water partition coefficient (Wildman–Crippen LogP) is 2.04. The average molecular weight is 328 g/mol. The van der Waals surface area contributed by atoms with E-state index in [-0.39, 0.29) is 24.1 Å². The molecule has 2 fully saturated rings. The number of fused-ring (bicyclic) bond motifs is 1. The number of anilines is 1. The van der Waals surface area contributed by atoms with Gasteiger partial charge in [0.25, 0.3) is 0 Å². The molecule has 2 N–H and O–H groups in total. The lowest BCUT2D eigenvalue weighted by atomic mass is 9.89. The minimum absolute atomic E-state index is 0. The number of carbonyl (C=O) groups excluding carboxylic acids is 1. The van der Waals surface area contributed by atoms with Gasteiger partial charge in [-0.15, -0.1) is 12.4 Å². The van der Waals surface area contributed by atoms with E-state index in [1.807, 2.05) is 0 Å². The Labute approximate surface area is 136 Å². The number of benzene rings is 1. The molecule has 1 amide bonds. The van der Waals surface area contributed by atoms with Gasteiger partial charge in [-0.2, -0.15) is 0 Å². The molecule has 2 atom stereocenters. The lowest BCUT2D eigenvalue weighted by Crippen LogP contribution is -2.43. The van der Waals surface area contributed by atoms with Crippen LogP contribution in [0, 0.1) is 24.6 Å². The second-order valence-corrected chi connectivity index (χ2v) is 6.21. The fourth-order valence-electron chi connectivity index (χ4n) is 3.33. The van der Waals surface area contributed by atoms with Crippen molar-refractivity contribution in [3.8, 4) is 0 Å². The largest absolute Gasteiger partial charge is 0.325 e. The van der Waals surface area contributed by atoms with E-state index in [1.54, 1.807) is 19.1 Å². The van der Waals surface area contributed by atoms with Crippen LogP contribution in [0.1, 0.15) is 12.0 Å². The van der Waals surface area contributed by atoms with E-state index in [1.165, 1.54) is 6.07 Å². The summed E-state index contributed by atoms with van der Waals surface area (Å²) >= 11 is 0. The maximum atomic E-state index is 13.5. The molecule has 1 aromatic rings.